The van der Waals surface area contributed by atoms with Crippen molar-refractivity contribution in [2.75, 3.05) is 31.2 Å². The summed E-state index contributed by atoms with van der Waals surface area (Å²) < 4.78 is 4.30. The van der Waals surface area contributed by atoms with E-state index in [0.717, 1.165) is 41.5 Å². The molecule has 1 N–H and O–H groups in total. The zero-order valence-electron chi connectivity index (χ0n) is 13.4. The van der Waals surface area contributed by atoms with Crippen LogP contribution in [0.15, 0.2) is 35.2 Å². The third-order valence-corrected chi connectivity index (χ3v) is 6.31. The molecule has 2 aromatic rings. The lowest BCUT2D eigenvalue weighted by Crippen LogP contribution is -2.29. The average molecular weight is 348 g/mol. The molecule has 1 saturated heterocycles. The van der Waals surface area contributed by atoms with Gasteiger partial charge in [0.05, 0.1) is 11.3 Å². The molecular weight excluding hydrogens is 326 g/mol. The number of amides is 1. The van der Waals surface area contributed by atoms with Crippen LogP contribution in [-0.4, -0.2) is 41.1 Å². The van der Waals surface area contributed by atoms with Crippen molar-refractivity contribution < 1.29 is 4.79 Å². The first-order valence-electron chi connectivity index (χ1n) is 7.80. The molecule has 122 valence electrons. The third kappa shape index (κ3) is 3.70. The molecule has 0 unspecified atom stereocenters. The number of hydrogen-bond donors (Lipinski definition) is 1. The zero-order valence-corrected chi connectivity index (χ0v) is 15.0. The number of hydrogen-bond acceptors (Lipinski definition) is 5. The Kier molecular flexibility index (Phi) is 5.23. The molecule has 1 aliphatic rings. The Morgan fingerprint density at radius 3 is 2.96 bits per heavy atom. The van der Waals surface area contributed by atoms with Gasteiger partial charge in [0.1, 0.15) is 5.00 Å². The molecular formula is C17H21N3OS2. The van der Waals surface area contributed by atoms with Crippen LogP contribution in [0, 0.1) is 12.8 Å². The minimum Gasteiger partial charge on any atom is -0.378 e. The van der Waals surface area contributed by atoms with Gasteiger partial charge < -0.3 is 10.2 Å². The summed E-state index contributed by atoms with van der Waals surface area (Å²) in [6.45, 7) is 3.60. The standard InChI is InChI=1S/C17H21N3OS2/c1-12-15(16(18-2)23-19-12)17(21)20-9-8-13(10-20)11-22-14-6-4-3-5-7-14/h3-7,13,18H,8-11H2,1-2H3/t13-/m0/s1. The van der Waals surface area contributed by atoms with Crippen molar-refractivity contribution >= 4 is 34.2 Å². The molecule has 2 heterocycles. The zero-order chi connectivity index (χ0) is 16.2. The molecule has 0 spiro atoms. The highest BCUT2D eigenvalue weighted by Gasteiger charge is 2.30. The first-order valence-corrected chi connectivity index (χ1v) is 9.56. The molecule has 0 aliphatic carbocycles. The number of carbonyl (C=O) groups is 1. The smallest absolute Gasteiger partial charge is 0.258 e. The van der Waals surface area contributed by atoms with Crippen LogP contribution in [0.1, 0.15) is 22.5 Å². The molecule has 0 saturated carbocycles. The van der Waals surface area contributed by atoms with Crippen molar-refractivity contribution in [2.45, 2.75) is 18.2 Å². The van der Waals surface area contributed by atoms with Crippen LogP contribution in [0.5, 0.6) is 0 Å². The number of rotatable bonds is 5. The van der Waals surface area contributed by atoms with Crippen LogP contribution in [-0.2, 0) is 0 Å². The van der Waals surface area contributed by atoms with Crippen molar-refractivity contribution in [3.8, 4) is 0 Å². The van der Waals surface area contributed by atoms with E-state index in [-0.39, 0.29) is 5.91 Å². The number of anilines is 1. The number of benzene rings is 1. The first kappa shape index (κ1) is 16.3. The Morgan fingerprint density at radius 2 is 2.22 bits per heavy atom. The number of likely N-dealkylation sites (tertiary alicyclic amines) is 1. The van der Waals surface area contributed by atoms with Crippen molar-refractivity contribution in [3.05, 3.63) is 41.6 Å². The lowest BCUT2D eigenvalue weighted by atomic mass is 10.1. The minimum atomic E-state index is 0.118. The monoisotopic (exact) mass is 347 g/mol. The number of thioether (sulfide) groups is 1. The van der Waals surface area contributed by atoms with Gasteiger partial charge in [0.25, 0.3) is 5.91 Å². The van der Waals surface area contributed by atoms with Crippen molar-refractivity contribution in [1.82, 2.24) is 9.27 Å². The summed E-state index contributed by atoms with van der Waals surface area (Å²) in [7, 11) is 1.84. The lowest BCUT2D eigenvalue weighted by Gasteiger charge is -2.17. The summed E-state index contributed by atoms with van der Waals surface area (Å²) in [5.41, 5.74) is 1.57. The molecule has 1 aromatic heterocycles. The van der Waals surface area contributed by atoms with E-state index in [0.29, 0.717) is 5.92 Å². The van der Waals surface area contributed by atoms with Crippen LogP contribution in [0.4, 0.5) is 5.00 Å². The van der Waals surface area contributed by atoms with Gasteiger partial charge in [-0.1, -0.05) is 18.2 Å². The fourth-order valence-corrected chi connectivity index (χ4v) is 4.62. The molecule has 0 bridgehead atoms. The van der Waals surface area contributed by atoms with Crippen LogP contribution in [0.25, 0.3) is 0 Å². The van der Waals surface area contributed by atoms with Crippen LogP contribution >= 0.6 is 23.3 Å². The highest BCUT2D eigenvalue weighted by Crippen LogP contribution is 2.30. The Hall–Kier alpha value is -1.53. The van der Waals surface area contributed by atoms with E-state index in [4.69, 9.17) is 0 Å². The second kappa shape index (κ2) is 7.36. The van der Waals surface area contributed by atoms with Crippen molar-refractivity contribution in [2.24, 2.45) is 5.92 Å². The van der Waals surface area contributed by atoms with Gasteiger partial charge in [-0.05, 0) is 42.9 Å². The van der Waals surface area contributed by atoms with E-state index in [1.54, 1.807) is 0 Å². The summed E-state index contributed by atoms with van der Waals surface area (Å²) in [4.78, 5) is 16.1. The summed E-state index contributed by atoms with van der Waals surface area (Å²) in [5, 5.41) is 3.95. The SMILES string of the molecule is CNc1snc(C)c1C(=O)N1CC[C@H](CSc2ccccc2)C1. The third-order valence-electron chi connectivity index (χ3n) is 4.11. The fourth-order valence-electron chi connectivity index (χ4n) is 2.83. The van der Waals surface area contributed by atoms with Gasteiger partial charge in [-0.3, -0.25) is 4.79 Å². The van der Waals surface area contributed by atoms with E-state index in [2.05, 4.69) is 34.0 Å². The van der Waals surface area contributed by atoms with Gasteiger partial charge in [0, 0.05) is 30.8 Å². The van der Waals surface area contributed by atoms with Crippen molar-refractivity contribution in [3.63, 3.8) is 0 Å². The predicted molar refractivity (Wildman–Crippen MR) is 97.6 cm³/mol. The van der Waals surface area contributed by atoms with Crippen LogP contribution in [0.3, 0.4) is 0 Å². The molecule has 1 amide bonds. The normalized spacial score (nSPS) is 17.5. The summed E-state index contributed by atoms with van der Waals surface area (Å²) in [6, 6.07) is 10.5. The van der Waals surface area contributed by atoms with Gasteiger partial charge in [-0.25, -0.2) is 0 Å². The van der Waals surface area contributed by atoms with E-state index in [1.165, 1.54) is 16.4 Å². The van der Waals surface area contributed by atoms with Gasteiger partial charge >= 0.3 is 0 Å². The summed E-state index contributed by atoms with van der Waals surface area (Å²) in [5.74, 6) is 1.75. The Balaban J connectivity index is 1.59. The maximum absolute atomic E-state index is 12.8. The molecule has 1 aromatic carbocycles. The Labute approximate surface area is 145 Å². The number of nitrogens with one attached hydrogen (secondary N) is 1. The average Bonchev–Trinajstić information content (AvgIpc) is 3.20. The predicted octanol–water partition coefficient (Wildman–Crippen LogP) is 3.75. The van der Waals surface area contributed by atoms with E-state index < -0.39 is 0 Å². The second-order valence-electron chi connectivity index (χ2n) is 5.75. The van der Waals surface area contributed by atoms with Gasteiger partial charge in [0.15, 0.2) is 0 Å². The molecule has 23 heavy (non-hydrogen) atoms. The Morgan fingerprint density at radius 1 is 1.43 bits per heavy atom. The quantitative estimate of drug-likeness (QED) is 0.837. The fraction of sp³-hybridized carbons (Fsp3) is 0.412. The van der Waals surface area contributed by atoms with E-state index in [1.807, 2.05) is 36.7 Å². The van der Waals surface area contributed by atoms with Gasteiger partial charge in [-0.15, -0.1) is 11.8 Å². The first-order chi connectivity index (χ1) is 11.2. The molecule has 3 rings (SSSR count). The van der Waals surface area contributed by atoms with Crippen LogP contribution < -0.4 is 5.32 Å². The molecule has 4 nitrogen and oxygen atoms in total. The summed E-state index contributed by atoms with van der Waals surface area (Å²) >= 11 is 3.24. The molecule has 1 fully saturated rings. The van der Waals surface area contributed by atoms with Gasteiger partial charge in [-0.2, -0.15) is 4.37 Å². The second-order valence-corrected chi connectivity index (χ2v) is 7.62. The molecule has 6 heteroatoms. The van der Waals surface area contributed by atoms with Gasteiger partial charge in [0.2, 0.25) is 0 Å². The lowest BCUT2D eigenvalue weighted by molar-refractivity contribution is 0.0789. The number of aromatic nitrogens is 1. The highest BCUT2D eigenvalue weighted by atomic mass is 32.2. The van der Waals surface area contributed by atoms with Crippen molar-refractivity contribution in [1.29, 1.82) is 0 Å². The van der Waals surface area contributed by atoms with E-state index in [9.17, 15) is 4.79 Å². The van der Waals surface area contributed by atoms with E-state index >= 15 is 0 Å². The number of carbonyl (C=O) groups excluding carboxylic acids is 1. The minimum absolute atomic E-state index is 0.118. The number of aryl methyl sites for hydroxylation is 1. The topological polar surface area (TPSA) is 45.2 Å². The summed E-state index contributed by atoms with van der Waals surface area (Å²) in [6.07, 6.45) is 1.08. The molecule has 0 radical (unpaired) electrons. The highest BCUT2D eigenvalue weighted by molar-refractivity contribution is 7.99. The number of nitrogens with zero attached hydrogens (tertiary/aromatic N) is 2. The maximum Gasteiger partial charge on any atom is 0.258 e. The molecule has 1 atom stereocenters. The largest absolute Gasteiger partial charge is 0.378 e. The van der Waals surface area contributed by atoms with Crippen LogP contribution in [0.2, 0.25) is 0 Å². The maximum atomic E-state index is 12.8. The Bertz CT molecular complexity index is 672. The molecule has 1 aliphatic heterocycles.